The van der Waals surface area contributed by atoms with Crippen LogP contribution < -0.4 is 20.5 Å². The number of carbonyl (C=O) groups is 1. The maximum atomic E-state index is 11.6. The first-order valence-electron chi connectivity index (χ1n) is 5.77. The number of ether oxygens (including phenoxy) is 2. The standard InChI is InChI=1S/C13H20N2O3.ClH/c1-8(14)13(16)15-9(2)11-7-10(17-3)5-6-12(11)18-4;/h5-9H,14H2,1-4H3,(H,15,16);1H/t8-,9?;/m0./s1. The Hall–Kier alpha value is -1.46. The number of hydrogen-bond donors (Lipinski definition) is 2. The molecule has 0 aliphatic heterocycles. The molecule has 3 N–H and O–H groups in total. The number of nitrogens with two attached hydrogens (primary N) is 1. The number of benzene rings is 1. The Morgan fingerprint density at radius 1 is 1.26 bits per heavy atom. The van der Waals surface area contributed by atoms with Gasteiger partial charge in [0.15, 0.2) is 0 Å². The van der Waals surface area contributed by atoms with Crippen molar-refractivity contribution in [3.63, 3.8) is 0 Å². The molecule has 1 aromatic carbocycles. The molecule has 1 amide bonds. The van der Waals surface area contributed by atoms with Crippen LogP contribution in [0.5, 0.6) is 11.5 Å². The van der Waals surface area contributed by atoms with E-state index in [1.165, 1.54) is 0 Å². The highest BCUT2D eigenvalue weighted by Crippen LogP contribution is 2.29. The highest BCUT2D eigenvalue weighted by atomic mass is 35.5. The van der Waals surface area contributed by atoms with Crippen LogP contribution in [0.4, 0.5) is 0 Å². The highest BCUT2D eigenvalue weighted by Gasteiger charge is 2.16. The fourth-order valence-corrected chi connectivity index (χ4v) is 1.60. The van der Waals surface area contributed by atoms with E-state index in [1.54, 1.807) is 21.1 Å². The summed E-state index contributed by atoms with van der Waals surface area (Å²) in [5.74, 6) is 1.22. The molecule has 1 rings (SSSR count). The molecule has 0 aliphatic rings. The monoisotopic (exact) mass is 288 g/mol. The minimum absolute atomic E-state index is 0. The molecule has 108 valence electrons. The summed E-state index contributed by atoms with van der Waals surface area (Å²) in [6.45, 7) is 3.52. The minimum Gasteiger partial charge on any atom is -0.497 e. The molecule has 2 atom stereocenters. The Morgan fingerprint density at radius 3 is 2.37 bits per heavy atom. The molecular formula is C13H21ClN2O3. The van der Waals surface area contributed by atoms with E-state index in [9.17, 15) is 4.79 Å². The van der Waals surface area contributed by atoms with Crippen LogP contribution in [0.25, 0.3) is 0 Å². The van der Waals surface area contributed by atoms with Crippen LogP contribution in [-0.4, -0.2) is 26.2 Å². The van der Waals surface area contributed by atoms with E-state index < -0.39 is 6.04 Å². The number of amides is 1. The zero-order valence-corrected chi connectivity index (χ0v) is 12.4. The van der Waals surface area contributed by atoms with Gasteiger partial charge in [0.1, 0.15) is 11.5 Å². The third kappa shape index (κ3) is 4.61. The smallest absolute Gasteiger partial charge is 0.237 e. The lowest BCUT2D eigenvalue weighted by Crippen LogP contribution is -2.39. The summed E-state index contributed by atoms with van der Waals surface area (Å²) in [7, 11) is 3.18. The molecule has 0 aliphatic carbocycles. The number of halogens is 1. The number of rotatable bonds is 5. The van der Waals surface area contributed by atoms with Crippen LogP contribution >= 0.6 is 12.4 Å². The van der Waals surface area contributed by atoms with E-state index in [4.69, 9.17) is 15.2 Å². The van der Waals surface area contributed by atoms with Gasteiger partial charge in [0.05, 0.1) is 26.3 Å². The van der Waals surface area contributed by atoms with Crippen LogP contribution in [0, 0.1) is 0 Å². The van der Waals surface area contributed by atoms with Gasteiger partial charge in [0.25, 0.3) is 0 Å². The Balaban J connectivity index is 0.00000324. The molecule has 1 unspecified atom stereocenters. The lowest BCUT2D eigenvalue weighted by molar-refractivity contribution is -0.122. The van der Waals surface area contributed by atoms with Crippen LogP contribution in [0.3, 0.4) is 0 Å². The predicted molar refractivity (Wildman–Crippen MR) is 77.0 cm³/mol. The van der Waals surface area contributed by atoms with E-state index in [1.807, 2.05) is 25.1 Å². The fourth-order valence-electron chi connectivity index (χ4n) is 1.60. The second kappa shape index (κ2) is 7.86. The van der Waals surface area contributed by atoms with Gasteiger partial charge in [-0.2, -0.15) is 0 Å². The molecule has 0 aromatic heterocycles. The van der Waals surface area contributed by atoms with Gasteiger partial charge in [-0.05, 0) is 32.0 Å². The Labute approximate surface area is 119 Å². The summed E-state index contributed by atoms with van der Waals surface area (Å²) in [6.07, 6.45) is 0. The minimum atomic E-state index is -0.538. The molecule has 5 nitrogen and oxygen atoms in total. The SMILES string of the molecule is COc1ccc(OC)c(C(C)NC(=O)[C@H](C)N)c1.Cl. The second-order valence-corrected chi connectivity index (χ2v) is 4.13. The molecule has 6 heteroatoms. The summed E-state index contributed by atoms with van der Waals surface area (Å²) in [5.41, 5.74) is 6.37. The molecule has 0 radical (unpaired) electrons. The van der Waals surface area contributed by atoms with Gasteiger partial charge >= 0.3 is 0 Å². The summed E-state index contributed by atoms with van der Waals surface area (Å²) in [6, 6.07) is 4.72. The molecule has 1 aromatic rings. The van der Waals surface area contributed by atoms with Crippen LogP contribution in [0.2, 0.25) is 0 Å². The van der Waals surface area contributed by atoms with Gasteiger partial charge < -0.3 is 20.5 Å². The Bertz CT molecular complexity index is 424. The summed E-state index contributed by atoms with van der Waals surface area (Å²) >= 11 is 0. The fraction of sp³-hybridized carbons (Fsp3) is 0.462. The molecular weight excluding hydrogens is 268 g/mol. The lowest BCUT2D eigenvalue weighted by atomic mass is 10.1. The third-order valence-electron chi connectivity index (χ3n) is 2.68. The first-order valence-corrected chi connectivity index (χ1v) is 5.77. The van der Waals surface area contributed by atoms with Crippen molar-refractivity contribution in [2.24, 2.45) is 5.73 Å². The van der Waals surface area contributed by atoms with Gasteiger partial charge in [-0.25, -0.2) is 0 Å². The van der Waals surface area contributed by atoms with E-state index >= 15 is 0 Å². The zero-order valence-electron chi connectivity index (χ0n) is 11.6. The molecule has 0 spiro atoms. The molecule has 0 saturated carbocycles. The number of methoxy groups -OCH3 is 2. The predicted octanol–water partition coefficient (Wildman–Crippen LogP) is 1.65. The Kier molecular flexibility index (Phi) is 7.26. The van der Waals surface area contributed by atoms with Crippen molar-refractivity contribution < 1.29 is 14.3 Å². The van der Waals surface area contributed by atoms with Gasteiger partial charge in [0.2, 0.25) is 5.91 Å². The summed E-state index contributed by atoms with van der Waals surface area (Å²) in [4.78, 5) is 11.6. The van der Waals surface area contributed by atoms with E-state index in [0.29, 0.717) is 11.5 Å². The molecule has 19 heavy (non-hydrogen) atoms. The van der Waals surface area contributed by atoms with Crippen molar-refractivity contribution in [3.05, 3.63) is 23.8 Å². The molecule has 0 heterocycles. The lowest BCUT2D eigenvalue weighted by Gasteiger charge is -2.19. The van der Waals surface area contributed by atoms with Crippen LogP contribution in [0.15, 0.2) is 18.2 Å². The number of carbonyl (C=O) groups excluding carboxylic acids is 1. The summed E-state index contributed by atoms with van der Waals surface area (Å²) in [5, 5.41) is 2.82. The van der Waals surface area contributed by atoms with E-state index in [-0.39, 0.29) is 24.4 Å². The third-order valence-corrected chi connectivity index (χ3v) is 2.68. The van der Waals surface area contributed by atoms with Gasteiger partial charge in [-0.3, -0.25) is 4.79 Å². The molecule has 0 saturated heterocycles. The van der Waals surface area contributed by atoms with Crippen molar-refractivity contribution in [1.82, 2.24) is 5.32 Å². The first-order chi connectivity index (χ1) is 8.49. The van der Waals surface area contributed by atoms with E-state index in [2.05, 4.69) is 5.32 Å². The maximum Gasteiger partial charge on any atom is 0.237 e. The Morgan fingerprint density at radius 2 is 1.89 bits per heavy atom. The normalized spacial score (nSPS) is 12.9. The van der Waals surface area contributed by atoms with Crippen molar-refractivity contribution in [3.8, 4) is 11.5 Å². The average Bonchev–Trinajstić information content (AvgIpc) is 2.37. The topological polar surface area (TPSA) is 73.6 Å². The second-order valence-electron chi connectivity index (χ2n) is 4.13. The summed E-state index contributed by atoms with van der Waals surface area (Å²) < 4.78 is 10.4. The largest absolute Gasteiger partial charge is 0.497 e. The number of nitrogens with one attached hydrogen (secondary N) is 1. The van der Waals surface area contributed by atoms with Crippen molar-refractivity contribution in [1.29, 1.82) is 0 Å². The van der Waals surface area contributed by atoms with E-state index in [0.717, 1.165) is 5.56 Å². The molecule has 0 bridgehead atoms. The quantitative estimate of drug-likeness (QED) is 0.864. The van der Waals surface area contributed by atoms with Gasteiger partial charge in [-0.15, -0.1) is 12.4 Å². The number of hydrogen-bond acceptors (Lipinski definition) is 4. The molecule has 0 fully saturated rings. The van der Waals surface area contributed by atoms with Crippen LogP contribution in [-0.2, 0) is 4.79 Å². The zero-order chi connectivity index (χ0) is 13.7. The first kappa shape index (κ1) is 17.5. The van der Waals surface area contributed by atoms with Crippen molar-refractivity contribution in [2.45, 2.75) is 25.9 Å². The van der Waals surface area contributed by atoms with Crippen molar-refractivity contribution in [2.75, 3.05) is 14.2 Å². The van der Waals surface area contributed by atoms with Gasteiger partial charge in [-0.1, -0.05) is 0 Å². The van der Waals surface area contributed by atoms with Gasteiger partial charge in [0, 0.05) is 5.56 Å². The highest BCUT2D eigenvalue weighted by molar-refractivity contribution is 5.85. The van der Waals surface area contributed by atoms with Crippen molar-refractivity contribution >= 4 is 18.3 Å². The van der Waals surface area contributed by atoms with Crippen LogP contribution in [0.1, 0.15) is 25.5 Å². The maximum absolute atomic E-state index is 11.6. The average molecular weight is 289 g/mol.